The molecule has 1 fully saturated rings. The summed E-state index contributed by atoms with van der Waals surface area (Å²) in [5.41, 5.74) is 3.50. The van der Waals surface area contributed by atoms with E-state index in [1.165, 1.54) is 5.56 Å². The maximum Gasteiger partial charge on any atom is 0.323 e. The number of likely N-dealkylation sites (tertiary alicyclic amines) is 1. The second kappa shape index (κ2) is 14.2. The summed E-state index contributed by atoms with van der Waals surface area (Å²) in [7, 11) is 0. The Bertz CT molecular complexity index is 1460. The van der Waals surface area contributed by atoms with Gasteiger partial charge in [0, 0.05) is 24.0 Å². The molecule has 0 spiro atoms. The van der Waals surface area contributed by atoms with E-state index < -0.39 is 0 Å². The number of piperidine rings is 1. The molecule has 0 atom stereocenters. The van der Waals surface area contributed by atoms with E-state index in [2.05, 4.69) is 71.6 Å². The molecule has 5 rings (SSSR count). The number of nitrogens with zero attached hydrogens (tertiary/aromatic N) is 2. The Balaban J connectivity index is 1.07. The fourth-order valence-electron chi connectivity index (χ4n) is 5.29. The average molecular weight is 579 g/mol. The van der Waals surface area contributed by atoms with Gasteiger partial charge < -0.3 is 25.0 Å². The number of urea groups is 1. The molecule has 1 aromatic heterocycles. The van der Waals surface area contributed by atoms with Gasteiger partial charge in [-0.15, -0.1) is 0 Å². The largest absolute Gasteiger partial charge is 0.493 e. The molecule has 2 N–H and O–H groups in total. The van der Waals surface area contributed by atoms with Crippen molar-refractivity contribution in [3.63, 3.8) is 0 Å². The lowest BCUT2D eigenvalue weighted by Gasteiger charge is -2.31. The molecule has 7 nitrogen and oxygen atoms in total. The number of carbonyl (C=O) groups is 1. The Morgan fingerprint density at radius 2 is 1.60 bits per heavy atom. The highest BCUT2D eigenvalue weighted by Gasteiger charge is 2.21. The number of amides is 2. The number of hydrogen-bond donors (Lipinski definition) is 2. The van der Waals surface area contributed by atoms with Gasteiger partial charge in [0.1, 0.15) is 17.2 Å². The van der Waals surface area contributed by atoms with Crippen molar-refractivity contribution >= 4 is 17.4 Å². The fourth-order valence-corrected chi connectivity index (χ4v) is 5.29. The Kier molecular flexibility index (Phi) is 9.95. The molecule has 0 saturated carbocycles. The molecular formula is C36H42N4O3. The van der Waals surface area contributed by atoms with E-state index in [0.717, 1.165) is 50.2 Å². The van der Waals surface area contributed by atoms with Gasteiger partial charge in [-0.3, -0.25) is 0 Å². The van der Waals surface area contributed by atoms with E-state index >= 15 is 0 Å². The number of benzene rings is 3. The van der Waals surface area contributed by atoms with Crippen LogP contribution in [0.15, 0.2) is 97.2 Å². The standard InChI is InChI=1S/C36H42N4O3/c1-36(2,3)31-12-7-8-14-33(31)43-34-32(13-9-22-37-34)39-35(41)38-29-15-17-30(18-16-29)42-26-28-20-24-40(25-21-28)23-19-27-10-5-4-6-11-27/h4-18,22,28H,19-21,23-26H2,1-3H3,(H2,38,39,41). The summed E-state index contributed by atoms with van der Waals surface area (Å²) in [5, 5.41) is 5.75. The highest BCUT2D eigenvalue weighted by Crippen LogP contribution is 2.35. The first kappa shape index (κ1) is 30.1. The number of pyridine rings is 1. The monoisotopic (exact) mass is 578 g/mol. The first-order valence-corrected chi connectivity index (χ1v) is 15.1. The average Bonchev–Trinajstić information content (AvgIpc) is 3.01. The molecule has 2 heterocycles. The molecule has 2 amide bonds. The predicted octanol–water partition coefficient (Wildman–Crippen LogP) is 8.15. The molecule has 43 heavy (non-hydrogen) atoms. The second-order valence-electron chi connectivity index (χ2n) is 12.1. The van der Waals surface area contributed by atoms with E-state index in [4.69, 9.17) is 9.47 Å². The molecule has 1 saturated heterocycles. The Morgan fingerprint density at radius 1 is 0.884 bits per heavy atom. The van der Waals surface area contributed by atoms with Crippen LogP contribution in [0, 0.1) is 5.92 Å². The molecule has 0 aliphatic carbocycles. The number of nitrogens with one attached hydrogen (secondary N) is 2. The molecule has 0 radical (unpaired) electrons. The quantitative estimate of drug-likeness (QED) is 0.199. The van der Waals surface area contributed by atoms with Gasteiger partial charge in [0.05, 0.1) is 6.61 Å². The lowest BCUT2D eigenvalue weighted by Crippen LogP contribution is -2.36. The summed E-state index contributed by atoms with van der Waals surface area (Å²) in [6.07, 6.45) is 5.04. The minimum absolute atomic E-state index is 0.105. The summed E-state index contributed by atoms with van der Waals surface area (Å²) in [6.45, 7) is 10.5. The molecule has 0 bridgehead atoms. The molecule has 224 valence electrons. The van der Waals surface area contributed by atoms with E-state index in [0.29, 0.717) is 35.5 Å². The van der Waals surface area contributed by atoms with Crippen molar-refractivity contribution in [3.8, 4) is 17.4 Å². The van der Waals surface area contributed by atoms with Crippen molar-refractivity contribution in [2.24, 2.45) is 5.92 Å². The van der Waals surface area contributed by atoms with Gasteiger partial charge >= 0.3 is 6.03 Å². The van der Waals surface area contributed by atoms with Crippen molar-refractivity contribution in [3.05, 3.63) is 108 Å². The van der Waals surface area contributed by atoms with Crippen LogP contribution in [0.2, 0.25) is 0 Å². The van der Waals surface area contributed by atoms with Crippen molar-refractivity contribution < 1.29 is 14.3 Å². The van der Waals surface area contributed by atoms with E-state index in [1.807, 2.05) is 48.5 Å². The zero-order chi connectivity index (χ0) is 30.1. The van der Waals surface area contributed by atoms with E-state index in [9.17, 15) is 4.79 Å². The van der Waals surface area contributed by atoms with Gasteiger partial charge in [0.25, 0.3) is 0 Å². The lowest BCUT2D eigenvalue weighted by atomic mass is 9.86. The third kappa shape index (κ3) is 8.82. The summed E-state index contributed by atoms with van der Waals surface area (Å²) < 4.78 is 12.3. The number of aromatic nitrogens is 1. The van der Waals surface area contributed by atoms with Gasteiger partial charge in [-0.2, -0.15) is 0 Å². The summed E-state index contributed by atoms with van der Waals surface area (Å²) in [4.78, 5) is 19.8. The summed E-state index contributed by atoms with van der Waals surface area (Å²) >= 11 is 0. The highest BCUT2D eigenvalue weighted by atomic mass is 16.5. The van der Waals surface area contributed by atoms with Crippen LogP contribution in [-0.4, -0.2) is 42.2 Å². The Hall–Kier alpha value is -4.36. The minimum Gasteiger partial charge on any atom is -0.493 e. The van der Waals surface area contributed by atoms with Crippen LogP contribution in [0.25, 0.3) is 0 Å². The molecule has 7 heteroatoms. The third-order valence-electron chi connectivity index (χ3n) is 7.79. The van der Waals surface area contributed by atoms with Gasteiger partial charge in [-0.1, -0.05) is 69.3 Å². The van der Waals surface area contributed by atoms with Crippen LogP contribution in [0.3, 0.4) is 0 Å². The highest BCUT2D eigenvalue weighted by molar-refractivity contribution is 6.00. The molecule has 3 aromatic carbocycles. The smallest absolute Gasteiger partial charge is 0.323 e. The predicted molar refractivity (Wildman–Crippen MR) is 173 cm³/mol. The van der Waals surface area contributed by atoms with Crippen LogP contribution >= 0.6 is 0 Å². The van der Waals surface area contributed by atoms with E-state index in [1.54, 1.807) is 18.3 Å². The zero-order valence-electron chi connectivity index (χ0n) is 25.4. The van der Waals surface area contributed by atoms with Crippen LogP contribution < -0.4 is 20.1 Å². The second-order valence-corrected chi connectivity index (χ2v) is 12.1. The topological polar surface area (TPSA) is 75.7 Å². The van der Waals surface area contributed by atoms with Gasteiger partial charge in [0.2, 0.25) is 5.88 Å². The Labute approximate surface area is 255 Å². The number of carbonyl (C=O) groups excluding carboxylic acids is 1. The molecule has 1 aliphatic rings. The summed E-state index contributed by atoms with van der Waals surface area (Å²) in [5.74, 6) is 2.40. The van der Waals surface area contributed by atoms with Gasteiger partial charge in [0.15, 0.2) is 0 Å². The minimum atomic E-state index is -0.380. The normalized spacial score (nSPS) is 14.2. The van der Waals surface area contributed by atoms with Crippen molar-refractivity contribution in [2.45, 2.75) is 45.4 Å². The lowest BCUT2D eigenvalue weighted by molar-refractivity contribution is 0.142. The van der Waals surface area contributed by atoms with Crippen molar-refractivity contribution in [2.75, 3.05) is 36.9 Å². The molecule has 1 aliphatic heterocycles. The Morgan fingerprint density at radius 3 is 2.35 bits per heavy atom. The number of ether oxygens (including phenoxy) is 2. The van der Waals surface area contributed by atoms with Crippen LogP contribution in [0.4, 0.5) is 16.2 Å². The van der Waals surface area contributed by atoms with Crippen molar-refractivity contribution in [1.29, 1.82) is 0 Å². The van der Waals surface area contributed by atoms with E-state index in [-0.39, 0.29) is 11.4 Å². The number of para-hydroxylation sites is 1. The number of anilines is 2. The maximum atomic E-state index is 12.8. The summed E-state index contributed by atoms with van der Waals surface area (Å²) in [6, 6.07) is 29.2. The van der Waals surface area contributed by atoms with Crippen LogP contribution in [0.5, 0.6) is 17.4 Å². The molecular weight excluding hydrogens is 536 g/mol. The fraction of sp³-hybridized carbons (Fsp3) is 0.333. The van der Waals surface area contributed by atoms with Gasteiger partial charge in [-0.25, -0.2) is 9.78 Å². The molecule has 0 unspecified atom stereocenters. The number of rotatable bonds is 10. The van der Waals surface area contributed by atoms with Crippen LogP contribution in [-0.2, 0) is 11.8 Å². The number of hydrogen-bond acceptors (Lipinski definition) is 5. The third-order valence-corrected chi connectivity index (χ3v) is 7.79. The van der Waals surface area contributed by atoms with Crippen molar-refractivity contribution in [1.82, 2.24) is 9.88 Å². The maximum absolute atomic E-state index is 12.8. The first-order valence-electron chi connectivity index (χ1n) is 15.1. The van der Waals surface area contributed by atoms with Gasteiger partial charge in [-0.05, 0) is 91.7 Å². The van der Waals surface area contributed by atoms with Crippen LogP contribution in [0.1, 0.15) is 44.7 Å². The zero-order valence-corrected chi connectivity index (χ0v) is 25.4. The SMILES string of the molecule is CC(C)(C)c1ccccc1Oc1ncccc1NC(=O)Nc1ccc(OCC2CCN(CCc3ccccc3)CC2)cc1. The first-order chi connectivity index (χ1) is 20.8. The molecule has 4 aromatic rings.